The van der Waals surface area contributed by atoms with Crippen LogP contribution in [0.2, 0.25) is 0 Å². The lowest BCUT2D eigenvalue weighted by Crippen LogP contribution is -2.66. The van der Waals surface area contributed by atoms with Gasteiger partial charge in [0.15, 0.2) is 18.5 Å². The largest absolute Gasteiger partial charge is 0.480 e. The minimum Gasteiger partial charge on any atom is -0.480 e. The Balaban J connectivity index is 3.26. The third-order valence-corrected chi connectivity index (χ3v) is 3.44. The minimum absolute atomic E-state index is 0.398. The number of amides is 1. The van der Waals surface area contributed by atoms with Crippen molar-refractivity contribution in [3.8, 4) is 0 Å². The molecule has 0 unspecified atom stereocenters. The normalized spacial score (nSPS) is 26.6. The second-order valence-electron chi connectivity index (χ2n) is 5.92. The molecule has 1 aliphatic rings. The lowest BCUT2D eigenvalue weighted by Gasteiger charge is -2.44. The number of aliphatic carboxylic acids is 1. The van der Waals surface area contributed by atoms with Crippen molar-refractivity contribution < 1.29 is 52.8 Å². The van der Waals surface area contributed by atoms with E-state index >= 15 is 0 Å². The van der Waals surface area contributed by atoms with E-state index in [1.165, 1.54) is 6.92 Å². The van der Waals surface area contributed by atoms with Crippen LogP contribution in [0.3, 0.4) is 0 Å². The summed E-state index contributed by atoms with van der Waals surface area (Å²) in [7, 11) is 0. The summed E-state index contributed by atoms with van der Waals surface area (Å²) in [5.74, 6) is -4.03. The molecule has 1 fully saturated rings. The van der Waals surface area contributed by atoms with Gasteiger partial charge in [-0.3, -0.25) is 19.2 Å². The van der Waals surface area contributed by atoms with Crippen LogP contribution >= 0.6 is 0 Å². The maximum Gasteiger partial charge on any atom is 0.329 e. The maximum absolute atomic E-state index is 11.6. The Hall–Kier alpha value is -2.73. The number of hydrogen-bond donors (Lipinski definition) is 2. The van der Waals surface area contributed by atoms with Gasteiger partial charge in [-0.05, 0) is 0 Å². The fourth-order valence-electron chi connectivity index (χ4n) is 2.59. The molecule has 1 aliphatic heterocycles. The zero-order valence-electron chi connectivity index (χ0n) is 15.8. The summed E-state index contributed by atoms with van der Waals surface area (Å²) in [6.07, 6.45) is -5.10. The van der Waals surface area contributed by atoms with Gasteiger partial charge in [0.1, 0.15) is 25.4 Å². The van der Waals surface area contributed by atoms with E-state index in [0.717, 1.165) is 20.8 Å². The Labute approximate surface area is 160 Å². The number of nitrogens with one attached hydrogen (secondary N) is 1. The second kappa shape index (κ2) is 10.6. The molecule has 0 bridgehead atoms. The highest BCUT2D eigenvalue weighted by Crippen LogP contribution is 2.27. The fourth-order valence-corrected chi connectivity index (χ4v) is 2.59. The Morgan fingerprint density at radius 2 is 1.50 bits per heavy atom. The average molecular weight is 405 g/mol. The molecule has 0 saturated carbocycles. The predicted molar refractivity (Wildman–Crippen MR) is 87.6 cm³/mol. The van der Waals surface area contributed by atoms with E-state index in [2.05, 4.69) is 5.32 Å². The third kappa shape index (κ3) is 7.48. The number of carboxylic acids is 1. The summed E-state index contributed by atoms with van der Waals surface area (Å²) in [5, 5.41) is 11.3. The van der Waals surface area contributed by atoms with Gasteiger partial charge in [-0.25, -0.2) is 4.79 Å². The maximum atomic E-state index is 11.6. The number of carbonyl (C=O) groups is 5. The van der Waals surface area contributed by atoms with Gasteiger partial charge in [-0.2, -0.15) is 0 Å². The third-order valence-electron chi connectivity index (χ3n) is 3.44. The number of carbonyl (C=O) groups excluding carboxylic acids is 4. The molecule has 1 heterocycles. The molecule has 2 N–H and O–H groups in total. The van der Waals surface area contributed by atoms with Gasteiger partial charge in [0.05, 0.1) is 0 Å². The average Bonchev–Trinajstić information content (AvgIpc) is 2.54. The van der Waals surface area contributed by atoms with Gasteiger partial charge in [0.25, 0.3) is 0 Å². The molecule has 1 saturated heterocycles. The van der Waals surface area contributed by atoms with Crippen molar-refractivity contribution >= 4 is 29.8 Å². The topological polar surface area (TPSA) is 164 Å². The Bertz CT molecular complexity index is 576. The van der Waals surface area contributed by atoms with E-state index in [1.54, 1.807) is 0 Å². The lowest BCUT2D eigenvalue weighted by molar-refractivity contribution is -0.277. The zero-order valence-corrected chi connectivity index (χ0v) is 15.8. The first kappa shape index (κ1) is 23.3. The monoisotopic (exact) mass is 405 g/mol. The van der Waals surface area contributed by atoms with E-state index in [1.807, 2.05) is 0 Å². The van der Waals surface area contributed by atoms with Crippen molar-refractivity contribution in [2.24, 2.45) is 0 Å². The summed E-state index contributed by atoms with van der Waals surface area (Å²) >= 11 is 0. The van der Waals surface area contributed by atoms with Crippen LogP contribution in [-0.2, 0) is 47.7 Å². The van der Waals surface area contributed by atoms with E-state index in [9.17, 15) is 24.0 Å². The van der Waals surface area contributed by atoms with Crippen LogP contribution in [0.15, 0.2) is 0 Å². The highest BCUT2D eigenvalue weighted by Gasteiger charge is 2.51. The van der Waals surface area contributed by atoms with Crippen LogP contribution < -0.4 is 5.32 Å². The van der Waals surface area contributed by atoms with Gasteiger partial charge in [-0.15, -0.1) is 0 Å². The predicted octanol–water partition coefficient (Wildman–Crippen LogP) is -1.26. The first-order chi connectivity index (χ1) is 13.0. The van der Waals surface area contributed by atoms with Crippen molar-refractivity contribution in [2.45, 2.75) is 58.3 Å². The van der Waals surface area contributed by atoms with Crippen molar-refractivity contribution in [3.05, 3.63) is 0 Å². The van der Waals surface area contributed by atoms with E-state index in [-0.39, 0.29) is 0 Å². The molecule has 12 nitrogen and oxygen atoms in total. The lowest BCUT2D eigenvalue weighted by atomic mass is 9.96. The quantitative estimate of drug-likeness (QED) is 0.366. The first-order valence-corrected chi connectivity index (χ1v) is 8.25. The summed E-state index contributed by atoms with van der Waals surface area (Å²) < 4.78 is 26.0. The van der Waals surface area contributed by atoms with Crippen LogP contribution in [0.25, 0.3) is 0 Å². The summed E-state index contributed by atoms with van der Waals surface area (Å²) in [4.78, 5) is 56.7. The summed E-state index contributed by atoms with van der Waals surface area (Å²) in [6.45, 7) is 3.33. The summed E-state index contributed by atoms with van der Waals surface area (Å²) in [6, 6.07) is -1.20. The molecule has 1 rings (SSSR count). The van der Waals surface area contributed by atoms with Crippen molar-refractivity contribution in [1.29, 1.82) is 0 Å². The molecule has 158 valence electrons. The van der Waals surface area contributed by atoms with Gasteiger partial charge in [-0.1, -0.05) is 0 Å². The Morgan fingerprint density at radius 1 is 0.929 bits per heavy atom. The van der Waals surface area contributed by atoms with Crippen LogP contribution in [-0.4, -0.2) is 78.7 Å². The molecule has 1 amide bonds. The van der Waals surface area contributed by atoms with Crippen LogP contribution in [0, 0.1) is 0 Å². The number of hydrogen-bond acceptors (Lipinski definition) is 10. The molecule has 5 atom stereocenters. The summed E-state index contributed by atoms with van der Waals surface area (Å²) in [5.41, 5.74) is 0. The Morgan fingerprint density at radius 3 is 1.96 bits per heavy atom. The van der Waals surface area contributed by atoms with Gasteiger partial charge in [0.2, 0.25) is 5.91 Å². The molecular formula is C16H23NO11. The molecule has 28 heavy (non-hydrogen) atoms. The number of esters is 3. The molecule has 0 aromatic carbocycles. The van der Waals surface area contributed by atoms with Crippen molar-refractivity contribution in [3.63, 3.8) is 0 Å². The molecule has 0 aromatic rings. The zero-order chi connectivity index (χ0) is 21.4. The van der Waals surface area contributed by atoms with Crippen molar-refractivity contribution in [1.82, 2.24) is 5.32 Å². The molecular weight excluding hydrogens is 382 g/mol. The van der Waals surface area contributed by atoms with Crippen LogP contribution in [0.5, 0.6) is 0 Å². The Kier molecular flexibility index (Phi) is 8.79. The minimum atomic E-state index is -1.39. The van der Waals surface area contributed by atoms with Gasteiger partial charge >= 0.3 is 23.9 Å². The molecule has 0 aliphatic carbocycles. The molecule has 12 heteroatoms. The van der Waals surface area contributed by atoms with E-state index < -0.39 is 73.6 Å². The molecule has 0 radical (unpaired) electrons. The number of rotatable bonds is 8. The highest BCUT2D eigenvalue weighted by atomic mass is 16.7. The van der Waals surface area contributed by atoms with E-state index in [0.29, 0.717) is 0 Å². The molecule has 0 aromatic heterocycles. The molecule has 0 spiro atoms. The van der Waals surface area contributed by atoms with Crippen LogP contribution in [0.1, 0.15) is 27.7 Å². The van der Waals surface area contributed by atoms with E-state index in [4.69, 9.17) is 28.8 Å². The smallest absolute Gasteiger partial charge is 0.329 e. The van der Waals surface area contributed by atoms with Crippen molar-refractivity contribution in [2.75, 3.05) is 13.2 Å². The fraction of sp³-hybridized carbons (Fsp3) is 0.688. The van der Waals surface area contributed by atoms with Gasteiger partial charge in [0, 0.05) is 27.7 Å². The second-order valence-corrected chi connectivity index (χ2v) is 5.92. The number of ether oxygens (including phenoxy) is 5. The SMILES string of the molecule is CC(=O)N[C@H]1[C@H](OCC(=O)O)O[C@H](COC(C)=O)[C@@H](OC(C)=O)[C@@H]1OC(C)=O. The highest BCUT2D eigenvalue weighted by molar-refractivity contribution is 5.74. The standard InChI is InChI=1S/C16H23NO11/c1-7(18)17-13-15(27-10(4)21)14(26-9(3)20)11(5-24-8(2)19)28-16(13)25-6-12(22)23/h11,13-16H,5-6H2,1-4H3,(H,17,18)(H,22,23)/t11-,13-,14-,15-,16-/m1/s1. The number of carboxylic acid groups (broad SMARTS) is 1. The van der Waals surface area contributed by atoms with Crippen LogP contribution in [0.4, 0.5) is 0 Å². The van der Waals surface area contributed by atoms with Gasteiger partial charge < -0.3 is 34.1 Å². The first-order valence-electron chi connectivity index (χ1n) is 8.25.